The van der Waals surface area contributed by atoms with Gasteiger partial charge in [-0.15, -0.1) is 0 Å². The summed E-state index contributed by atoms with van der Waals surface area (Å²) >= 11 is 0. The van der Waals surface area contributed by atoms with Crippen molar-refractivity contribution in [2.75, 3.05) is 13.7 Å². The van der Waals surface area contributed by atoms with Crippen molar-refractivity contribution in [3.05, 3.63) is 192 Å². The van der Waals surface area contributed by atoms with Crippen LogP contribution in [-0.4, -0.2) is 66.2 Å². The molecule has 7 rings (SSSR count). The van der Waals surface area contributed by atoms with Gasteiger partial charge in [-0.25, -0.2) is 4.79 Å². The Hall–Kier alpha value is -4.97. The van der Waals surface area contributed by atoms with E-state index in [4.69, 9.17) is 33.2 Å². The molecule has 5 aromatic rings. The molecular weight excluding hydrogens is 769 g/mol. The molecule has 0 radical (unpaired) electrons. The Morgan fingerprint density at radius 2 is 1.16 bits per heavy atom. The van der Waals surface area contributed by atoms with Gasteiger partial charge in [0.25, 0.3) is 0 Å². The van der Waals surface area contributed by atoms with E-state index in [0.717, 1.165) is 28.7 Å². The Bertz CT molecular complexity index is 2090. The lowest BCUT2D eigenvalue weighted by atomic mass is 9.76. The van der Waals surface area contributed by atoms with Gasteiger partial charge in [-0.05, 0) is 59.1 Å². The van der Waals surface area contributed by atoms with E-state index in [-0.39, 0.29) is 44.9 Å². The Labute approximate surface area is 360 Å². The van der Waals surface area contributed by atoms with Crippen molar-refractivity contribution in [1.29, 1.82) is 0 Å². The highest BCUT2D eigenvalue weighted by molar-refractivity contribution is 5.87. The van der Waals surface area contributed by atoms with Gasteiger partial charge in [0.15, 0.2) is 17.5 Å². The normalized spacial score (nSPS) is 25.6. The summed E-state index contributed by atoms with van der Waals surface area (Å²) in [5.41, 5.74) is 0.712. The van der Waals surface area contributed by atoms with Gasteiger partial charge in [0.05, 0.1) is 39.1 Å². The van der Waals surface area contributed by atoms with Gasteiger partial charge in [0.1, 0.15) is 12.2 Å². The first-order valence-corrected chi connectivity index (χ1v) is 21.2. The number of carbonyl (C=O) groups is 1. The molecule has 0 unspecified atom stereocenters. The fourth-order valence-corrected chi connectivity index (χ4v) is 8.71. The molecule has 320 valence electrons. The van der Waals surface area contributed by atoms with Crippen molar-refractivity contribution in [2.24, 2.45) is 5.92 Å². The summed E-state index contributed by atoms with van der Waals surface area (Å²) < 4.78 is 46.2. The van der Waals surface area contributed by atoms with Gasteiger partial charge in [0, 0.05) is 13.5 Å². The Morgan fingerprint density at radius 1 is 0.689 bits per heavy atom. The van der Waals surface area contributed by atoms with Crippen molar-refractivity contribution in [3.8, 4) is 0 Å². The van der Waals surface area contributed by atoms with Crippen molar-refractivity contribution in [3.63, 3.8) is 0 Å². The summed E-state index contributed by atoms with van der Waals surface area (Å²) in [6.07, 6.45) is 0.134. The molecule has 0 bridgehead atoms. The van der Waals surface area contributed by atoms with Crippen LogP contribution >= 0.6 is 0 Å². The second kappa shape index (κ2) is 20.7. The molecule has 2 fully saturated rings. The summed E-state index contributed by atoms with van der Waals surface area (Å²) in [7, 11) is 1.55. The summed E-state index contributed by atoms with van der Waals surface area (Å²) in [5, 5.41) is 13.1. The van der Waals surface area contributed by atoms with Crippen LogP contribution in [0.1, 0.15) is 54.0 Å². The van der Waals surface area contributed by atoms with E-state index < -0.39 is 41.3 Å². The highest BCUT2D eigenvalue weighted by atomic mass is 16.8. The zero-order valence-electron chi connectivity index (χ0n) is 35.2. The molecule has 2 saturated heterocycles. The van der Waals surface area contributed by atoms with E-state index >= 15 is 0 Å². The fourth-order valence-electron chi connectivity index (χ4n) is 8.71. The lowest BCUT2D eigenvalue weighted by molar-refractivity contribution is -0.295. The number of hydrogen-bond donors (Lipinski definition) is 1. The molecular formula is C52H58O9. The van der Waals surface area contributed by atoms with E-state index in [2.05, 4.69) is 49.9 Å². The van der Waals surface area contributed by atoms with Gasteiger partial charge < -0.3 is 38.3 Å². The number of aliphatic hydroxyl groups is 1. The number of benzene rings is 5. The molecule has 0 aromatic heterocycles. The van der Waals surface area contributed by atoms with Crippen molar-refractivity contribution in [1.82, 2.24) is 0 Å². The second-order valence-electron chi connectivity index (χ2n) is 16.1. The minimum Gasteiger partial charge on any atom is -0.453 e. The molecule has 0 saturated carbocycles. The average Bonchev–Trinajstić information content (AvgIpc) is 3.70. The SMILES string of the molecule is C=C[C@H]1OC(=O)[C@]2(O[C@@](CCC[C@@H](OCc3ccccc3)[C@H](C)Cc3ccccc3)(OC)[C@H](OCc3ccccc3)[C@H]2OCc2ccccc2)[C@]1(O)COCc1ccccc1. The number of hydrogen-bond acceptors (Lipinski definition) is 9. The number of cyclic esters (lactones) is 1. The van der Waals surface area contributed by atoms with Crippen LogP contribution in [0.4, 0.5) is 0 Å². The fraction of sp³-hybridized carbons (Fsp3) is 0.365. The lowest BCUT2D eigenvalue weighted by Gasteiger charge is -2.40. The maximum atomic E-state index is 14.7. The van der Waals surface area contributed by atoms with Crippen LogP contribution in [0, 0.1) is 5.92 Å². The third kappa shape index (κ3) is 10.1. The minimum absolute atomic E-state index is 0.0843. The molecule has 2 aliphatic rings. The molecule has 2 aliphatic heterocycles. The van der Waals surface area contributed by atoms with Gasteiger partial charge in [-0.3, -0.25) is 0 Å². The predicted molar refractivity (Wildman–Crippen MR) is 233 cm³/mol. The maximum Gasteiger partial charge on any atom is 0.345 e. The van der Waals surface area contributed by atoms with Crippen molar-refractivity contribution in [2.45, 2.75) is 100 Å². The molecule has 8 atom stereocenters. The van der Waals surface area contributed by atoms with Crippen LogP contribution in [0.5, 0.6) is 0 Å². The summed E-state index contributed by atoms with van der Waals surface area (Å²) in [4.78, 5) is 14.7. The molecule has 0 aliphatic carbocycles. The third-order valence-corrected chi connectivity index (χ3v) is 12.0. The molecule has 0 amide bonds. The van der Waals surface area contributed by atoms with Crippen molar-refractivity contribution >= 4 is 5.97 Å². The van der Waals surface area contributed by atoms with E-state index in [1.54, 1.807) is 7.11 Å². The minimum atomic E-state index is -2.15. The molecule has 1 N–H and O–H groups in total. The lowest BCUT2D eigenvalue weighted by Crippen LogP contribution is -2.66. The second-order valence-corrected chi connectivity index (χ2v) is 16.1. The van der Waals surface area contributed by atoms with Crippen LogP contribution < -0.4 is 0 Å². The highest BCUT2D eigenvalue weighted by Crippen LogP contribution is 2.55. The number of rotatable bonds is 22. The van der Waals surface area contributed by atoms with Crippen LogP contribution in [0.3, 0.4) is 0 Å². The van der Waals surface area contributed by atoms with Gasteiger partial charge in [-0.2, -0.15) is 0 Å². The topological polar surface area (TPSA) is 102 Å². The molecule has 61 heavy (non-hydrogen) atoms. The molecule has 9 nitrogen and oxygen atoms in total. The maximum absolute atomic E-state index is 14.7. The summed E-state index contributed by atoms with van der Waals surface area (Å²) in [6, 6.07) is 49.6. The van der Waals surface area contributed by atoms with E-state index in [0.29, 0.717) is 19.4 Å². The Balaban J connectivity index is 1.23. The quantitative estimate of drug-likeness (QED) is 0.0542. The molecule has 9 heteroatoms. The smallest absolute Gasteiger partial charge is 0.345 e. The Kier molecular flexibility index (Phi) is 15.0. The predicted octanol–water partition coefficient (Wildman–Crippen LogP) is 8.96. The summed E-state index contributed by atoms with van der Waals surface area (Å²) in [6.45, 7) is 6.70. The van der Waals surface area contributed by atoms with Crippen molar-refractivity contribution < 1.29 is 43.1 Å². The molecule has 1 spiro atoms. The Morgan fingerprint density at radius 3 is 1.67 bits per heavy atom. The number of esters is 1. The first kappa shape index (κ1) is 44.1. The van der Waals surface area contributed by atoms with E-state index in [9.17, 15) is 9.90 Å². The largest absolute Gasteiger partial charge is 0.453 e. The average molecular weight is 827 g/mol. The molecule has 2 heterocycles. The zero-order chi connectivity index (χ0) is 42.5. The van der Waals surface area contributed by atoms with Gasteiger partial charge >= 0.3 is 5.97 Å². The van der Waals surface area contributed by atoms with E-state index in [1.165, 1.54) is 11.6 Å². The van der Waals surface area contributed by atoms with Crippen LogP contribution in [-0.2, 0) is 70.8 Å². The summed E-state index contributed by atoms with van der Waals surface area (Å²) in [5.74, 6) is -2.24. The zero-order valence-corrected chi connectivity index (χ0v) is 35.2. The monoisotopic (exact) mass is 826 g/mol. The first-order chi connectivity index (χ1) is 29.8. The molecule has 5 aromatic carbocycles. The van der Waals surface area contributed by atoms with Gasteiger partial charge in [-0.1, -0.05) is 165 Å². The third-order valence-electron chi connectivity index (χ3n) is 12.0. The highest BCUT2D eigenvalue weighted by Gasteiger charge is 2.81. The van der Waals surface area contributed by atoms with Gasteiger partial charge in [0.2, 0.25) is 5.60 Å². The van der Waals surface area contributed by atoms with Crippen LogP contribution in [0.25, 0.3) is 0 Å². The van der Waals surface area contributed by atoms with Crippen LogP contribution in [0.2, 0.25) is 0 Å². The number of carbonyl (C=O) groups excluding carboxylic acids is 1. The standard InChI is InChI=1S/C52H58O9/c1-4-46-50(54,38-56-34-41-23-12-6-13-24-41)52(49(53)60-46)48(59-37-44-29-18-9-19-30-44)47(58-36-43-27-16-8-17-28-43)51(55-3,61-52)32-20-31-45(57-35-42-25-14-7-15-26-42)39(2)33-40-21-10-5-11-22-40/h4-19,21-30,39,45-48,54H,1,20,31-38H2,2-3H3/t39-,45-,46-,47-,48-,50+,51-,52+/m1/s1. The first-order valence-electron chi connectivity index (χ1n) is 21.2. The number of methoxy groups -OCH3 is 1. The number of ether oxygens (including phenoxy) is 7. The van der Waals surface area contributed by atoms with E-state index in [1.807, 2.05) is 115 Å². The van der Waals surface area contributed by atoms with Crippen LogP contribution in [0.15, 0.2) is 164 Å².